The van der Waals surface area contributed by atoms with Crippen LogP contribution in [0.2, 0.25) is 5.02 Å². The second-order valence-corrected chi connectivity index (χ2v) is 8.15. The number of hydrogen-bond acceptors (Lipinski definition) is 7. The standard InChI is InChI=1S/C27H22ClN3O5/c1-35-23-10-8-18(28)15-21(23)29-27(34)20-14-17-5-3-4-6-19(17)25(26(20)33)31-30-22-13-16(11-12-32)7-9-24(22)36-2/h3-10,12-15,33H,11H2,1-2H3,(H,29,34). The van der Waals surface area contributed by atoms with Crippen LogP contribution < -0.4 is 14.8 Å². The molecule has 36 heavy (non-hydrogen) atoms. The van der Waals surface area contributed by atoms with Crippen molar-refractivity contribution in [2.24, 2.45) is 10.2 Å². The quantitative estimate of drug-likeness (QED) is 0.207. The van der Waals surface area contributed by atoms with Crippen LogP contribution in [0.1, 0.15) is 15.9 Å². The lowest BCUT2D eigenvalue weighted by molar-refractivity contribution is -0.107. The third kappa shape index (κ3) is 5.13. The molecule has 0 atom stereocenters. The Kier molecular flexibility index (Phi) is 7.46. The van der Waals surface area contributed by atoms with E-state index in [1.165, 1.54) is 14.2 Å². The van der Waals surface area contributed by atoms with E-state index in [0.717, 1.165) is 11.8 Å². The second kappa shape index (κ2) is 10.9. The lowest BCUT2D eigenvalue weighted by Crippen LogP contribution is -2.13. The Morgan fingerprint density at radius 3 is 2.50 bits per heavy atom. The zero-order chi connectivity index (χ0) is 25.7. The molecule has 0 unspecified atom stereocenters. The topological polar surface area (TPSA) is 110 Å². The summed E-state index contributed by atoms with van der Waals surface area (Å²) in [5, 5.41) is 24.1. The van der Waals surface area contributed by atoms with Crippen molar-refractivity contribution >= 4 is 51.6 Å². The zero-order valence-electron chi connectivity index (χ0n) is 19.5. The number of fused-ring (bicyclic) bond motifs is 1. The molecule has 0 spiro atoms. The van der Waals surface area contributed by atoms with Gasteiger partial charge in [-0.3, -0.25) is 4.79 Å². The third-order valence-corrected chi connectivity index (χ3v) is 5.70. The van der Waals surface area contributed by atoms with E-state index in [1.807, 2.05) is 6.07 Å². The van der Waals surface area contributed by atoms with Crippen LogP contribution in [0, 0.1) is 0 Å². The van der Waals surface area contributed by atoms with Gasteiger partial charge in [-0.2, -0.15) is 0 Å². The Bertz CT molecular complexity index is 1490. The van der Waals surface area contributed by atoms with Crippen LogP contribution in [-0.4, -0.2) is 31.5 Å². The molecule has 4 aromatic rings. The minimum absolute atomic E-state index is 0.00801. The summed E-state index contributed by atoms with van der Waals surface area (Å²) < 4.78 is 10.6. The minimum atomic E-state index is -0.583. The van der Waals surface area contributed by atoms with Crippen LogP contribution in [0.15, 0.2) is 77.0 Å². The predicted octanol–water partition coefficient (Wildman–Crippen LogP) is 6.63. The van der Waals surface area contributed by atoms with E-state index in [-0.39, 0.29) is 23.4 Å². The van der Waals surface area contributed by atoms with Gasteiger partial charge in [0.25, 0.3) is 5.91 Å². The van der Waals surface area contributed by atoms with Gasteiger partial charge in [0.1, 0.15) is 29.2 Å². The van der Waals surface area contributed by atoms with Crippen molar-refractivity contribution in [2.75, 3.05) is 19.5 Å². The van der Waals surface area contributed by atoms with Crippen LogP contribution in [-0.2, 0) is 11.2 Å². The number of carbonyl (C=O) groups excluding carboxylic acids is 2. The van der Waals surface area contributed by atoms with E-state index in [4.69, 9.17) is 21.1 Å². The molecule has 0 saturated heterocycles. The fourth-order valence-electron chi connectivity index (χ4n) is 3.70. The summed E-state index contributed by atoms with van der Waals surface area (Å²) in [6, 6.07) is 18.7. The van der Waals surface area contributed by atoms with E-state index in [0.29, 0.717) is 38.7 Å². The maximum Gasteiger partial charge on any atom is 0.259 e. The van der Waals surface area contributed by atoms with Crippen molar-refractivity contribution in [3.63, 3.8) is 0 Å². The van der Waals surface area contributed by atoms with Gasteiger partial charge in [0.05, 0.1) is 25.5 Å². The van der Waals surface area contributed by atoms with E-state index < -0.39 is 5.91 Å². The number of benzene rings is 4. The first kappa shape index (κ1) is 24.7. The summed E-state index contributed by atoms with van der Waals surface area (Å²) in [5.74, 6) is -0.0748. The maximum absolute atomic E-state index is 13.2. The van der Waals surface area contributed by atoms with Crippen LogP contribution in [0.5, 0.6) is 17.2 Å². The van der Waals surface area contributed by atoms with E-state index in [9.17, 15) is 14.7 Å². The molecule has 9 heteroatoms. The van der Waals surface area contributed by atoms with Crippen molar-refractivity contribution in [1.29, 1.82) is 0 Å². The number of aromatic hydroxyl groups is 1. The number of nitrogens with one attached hydrogen (secondary N) is 1. The number of hydrogen-bond donors (Lipinski definition) is 2. The number of azo groups is 1. The molecule has 0 heterocycles. The van der Waals surface area contributed by atoms with Crippen molar-refractivity contribution in [3.8, 4) is 17.2 Å². The Morgan fingerprint density at radius 2 is 1.75 bits per heavy atom. The first-order valence-corrected chi connectivity index (χ1v) is 11.2. The van der Waals surface area contributed by atoms with E-state index >= 15 is 0 Å². The van der Waals surface area contributed by atoms with Gasteiger partial charge < -0.3 is 24.7 Å². The number of methoxy groups -OCH3 is 2. The highest BCUT2D eigenvalue weighted by Crippen LogP contribution is 2.41. The second-order valence-electron chi connectivity index (χ2n) is 7.72. The van der Waals surface area contributed by atoms with Crippen molar-refractivity contribution in [3.05, 3.63) is 82.9 Å². The molecule has 0 aliphatic rings. The molecule has 0 aliphatic carbocycles. The SMILES string of the molecule is COc1ccc(CC=O)cc1N=Nc1c(O)c(C(=O)Nc2cc(Cl)ccc2OC)cc2ccccc12. The summed E-state index contributed by atoms with van der Waals surface area (Å²) in [6.07, 6.45) is 1.00. The molecule has 8 nitrogen and oxygen atoms in total. The van der Waals surface area contributed by atoms with Gasteiger partial charge in [-0.05, 0) is 47.3 Å². The Balaban J connectivity index is 1.79. The largest absolute Gasteiger partial charge is 0.505 e. The van der Waals surface area contributed by atoms with Gasteiger partial charge in [-0.1, -0.05) is 41.9 Å². The number of ether oxygens (including phenoxy) is 2. The highest BCUT2D eigenvalue weighted by Gasteiger charge is 2.20. The number of rotatable bonds is 8. The van der Waals surface area contributed by atoms with Gasteiger partial charge in [-0.25, -0.2) is 0 Å². The van der Waals surface area contributed by atoms with Crippen LogP contribution >= 0.6 is 11.6 Å². The minimum Gasteiger partial charge on any atom is -0.505 e. The maximum atomic E-state index is 13.2. The number of nitrogens with zero attached hydrogens (tertiary/aromatic N) is 2. The van der Waals surface area contributed by atoms with Crippen molar-refractivity contribution in [1.82, 2.24) is 0 Å². The zero-order valence-corrected chi connectivity index (χ0v) is 20.2. The normalized spacial score (nSPS) is 11.0. The molecular weight excluding hydrogens is 482 g/mol. The average Bonchev–Trinajstić information content (AvgIpc) is 2.88. The lowest BCUT2D eigenvalue weighted by Gasteiger charge is -2.13. The van der Waals surface area contributed by atoms with Crippen LogP contribution in [0.25, 0.3) is 10.8 Å². The van der Waals surface area contributed by atoms with Gasteiger partial charge in [0.15, 0.2) is 5.75 Å². The summed E-state index contributed by atoms with van der Waals surface area (Å²) in [4.78, 5) is 24.1. The number of anilines is 1. The molecule has 0 fully saturated rings. The molecule has 4 rings (SSSR count). The van der Waals surface area contributed by atoms with Crippen LogP contribution in [0.3, 0.4) is 0 Å². The lowest BCUT2D eigenvalue weighted by atomic mass is 10.0. The smallest absolute Gasteiger partial charge is 0.259 e. The molecule has 0 aromatic heterocycles. The molecular formula is C27H22ClN3O5. The Morgan fingerprint density at radius 1 is 1.00 bits per heavy atom. The van der Waals surface area contributed by atoms with Crippen LogP contribution in [0.4, 0.5) is 17.1 Å². The van der Waals surface area contributed by atoms with Crippen molar-refractivity contribution < 1.29 is 24.2 Å². The number of aldehydes is 1. The molecule has 4 aromatic carbocycles. The molecule has 0 saturated carbocycles. The molecule has 0 aliphatic heterocycles. The number of phenols is 1. The summed E-state index contributed by atoms with van der Waals surface area (Å²) in [6.45, 7) is 0. The Labute approximate surface area is 212 Å². The molecule has 0 radical (unpaired) electrons. The first-order chi connectivity index (χ1) is 17.4. The van der Waals surface area contributed by atoms with Crippen molar-refractivity contribution in [2.45, 2.75) is 6.42 Å². The molecule has 0 bridgehead atoms. The monoisotopic (exact) mass is 503 g/mol. The number of carbonyl (C=O) groups is 2. The van der Waals surface area contributed by atoms with Gasteiger partial charge in [-0.15, -0.1) is 10.2 Å². The number of halogens is 1. The number of amides is 1. The molecule has 1 amide bonds. The molecule has 2 N–H and O–H groups in total. The highest BCUT2D eigenvalue weighted by molar-refractivity contribution is 6.31. The van der Waals surface area contributed by atoms with Gasteiger partial charge >= 0.3 is 0 Å². The number of phenolic OH excluding ortho intramolecular Hbond substituents is 1. The van der Waals surface area contributed by atoms with Gasteiger partial charge in [0.2, 0.25) is 0 Å². The van der Waals surface area contributed by atoms with Gasteiger partial charge in [0, 0.05) is 16.8 Å². The Hall–Kier alpha value is -4.43. The predicted molar refractivity (Wildman–Crippen MR) is 139 cm³/mol. The fraction of sp³-hybridized carbons (Fsp3) is 0.111. The molecule has 182 valence electrons. The van der Waals surface area contributed by atoms with E-state index in [2.05, 4.69) is 15.5 Å². The average molecular weight is 504 g/mol. The summed E-state index contributed by atoms with van der Waals surface area (Å²) >= 11 is 6.08. The fourth-order valence-corrected chi connectivity index (χ4v) is 3.87. The highest BCUT2D eigenvalue weighted by atomic mass is 35.5. The summed E-state index contributed by atoms with van der Waals surface area (Å²) in [7, 11) is 2.97. The van der Waals surface area contributed by atoms with E-state index in [1.54, 1.807) is 60.7 Å². The summed E-state index contributed by atoms with van der Waals surface area (Å²) in [5.41, 5.74) is 1.56. The first-order valence-electron chi connectivity index (χ1n) is 10.9. The third-order valence-electron chi connectivity index (χ3n) is 5.47.